The highest BCUT2D eigenvalue weighted by atomic mass is 19.1. The van der Waals surface area contributed by atoms with Gasteiger partial charge in [-0.1, -0.05) is 18.2 Å². The number of nitrogens with one attached hydrogen (secondary N) is 2. The average Bonchev–Trinajstić information content (AvgIpc) is 2.71. The molecule has 1 amide bonds. The van der Waals surface area contributed by atoms with Gasteiger partial charge in [0.2, 0.25) is 0 Å². The number of carbonyl (C=O) groups is 1. The minimum absolute atomic E-state index is 0.0832. The molecule has 0 saturated carbocycles. The van der Waals surface area contributed by atoms with E-state index in [1.165, 1.54) is 12.1 Å². The van der Waals surface area contributed by atoms with E-state index in [1.807, 2.05) is 24.3 Å². The maximum atomic E-state index is 13.7. The van der Waals surface area contributed by atoms with Crippen LogP contribution in [0.15, 0.2) is 54.9 Å². The number of rotatable bonds is 7. The zero-order valence-electron chi connectivity index (χ0n) is 15.1. The van der Waals surface area contributed by atoms with Crippen LogP contribution in [0.3, 0.4) is 0 Å². The molecule has 0 aliphatic carbocycles. The summed E-state index contributed by atoms with van der Waals surface area (Å²) < 4.78 is 32.7. The van der Waals surface area contributed by atoms with Gasteiger partial charge in [-0.05, 0) is 36.2 Å². The Kier molecular flexibility index (Phi) is 6.11. The Balaban J connectivity index is 1.62. The van der Waals surface area contributed by atoms with Crippen LogP contribution in [0.4, 0.5) is 20.3 Å². The lowest BCUT2D eigenvalue weighted by molar-refractivity contribution is 0.0949. The number of hydrogen-bond acceptors (Lipinski definition) is 5. The van der Waals surface area contributed by atoms with Crippen LogP contribution in [0.1, 0.15) is 16.1 Å². The molecular weight excluding hydrogens is 366 g/mol. The van der Waals surface area contributed by atoms with Crippen molar-refractivity contribution < 1.29 is 18.3 Å². The van der Waals surface area contributed by atoms with Crippen LogP contribution < -0.4 is 15.4 Å². The minimum Gasteiger partial charge on any atom is -0.497 e. The van der Waals surface area contributed by atoms with E-state index in [0.29, 0.717) is 13.0 Å². The number of aromatic nitrogens is 2. The molecule has 1 heterocycles. The van der Waals surface area contributed by atoms with Gasteiger partial charge in [0.15, 0.2) is 0 Å². The number of benzene rings is 2. The lowest BCUT2D eigenvalue weighted by Crippen LogP contribution is -2.26. The summed E-state index contributed by atoms with van der Waals surface area (Å²) in [6.45, 7) is 0.390. The Morgan fingerprint density at radius 3 is 2.57 bits per heavy atom. The molecule has 0 radical (unpaired) electrons. The molecule has 0 unspecified atom stereocenters. The Hall–Kier alpha value is -3.55. The second kappa shape index (κ2) is 8.90. The predicted octanol–water partition coefficient (Wildman–Crippen LogP) is 3.48. The van der Waals surface area contributed by atoms with E-state index in [2.05, 4.69) is 20.6 Å². The lowest BCUT2D eigenvalue weighted by Gasteiger charge is -2.09. The summed E-state index contributed by atoms with van der Waals surface area (Å²) >= 11 is 0. The summed E-state index contributed by atoms with van der Waals surface area (Å²) in [5.41, 5.74) is 0.755. The maximum absolute atomic E-state index is 13.7. The molecule has 0 aliphatic heterocycles. The van der Waals surface area contributed by atoms with E-state index in [4.69, 9.17) is 4.74 Å². The fraction of sp³-hybridized carbons (Fsp3) is 0.150. The topological polar surface area (TPSA) is 76.1 Å². The van der Waals surface area contributed by atoms with Crippen LogP contribution in [0.25, 0.3) is 0 Å². The molecule has 6 nitrogen and oxygen atoms in total. The van der Waals surface area contributed by atoms with Gasteiger partial charge in [0, 0.05) is 12.6 Å². The number of hydrogen-bond donors (Lipinski definition) is 2. The molecule has 0 spiro atoms. The van der Waals surface area contributed by atoms with Crippen LogP contribution in [-0.4, -0.2) is 29.5 Å². The molecule has 2 aromatic carbocycles. The van der Waals surface area contributed by atoms with Gasteiger partial charge in [-0.15, -0.1) is 0 Å². The normalized spacial score (nSPS) is 10.4. The van der Waals surface area contributed by atoms with E-state index in [-0.39, 0.29) is 17.2 Å². The van der Waals surface area contributed by atoms with E-state index < -0.39 is 17.5 Å². The van der Waals surface area contributed by atoms with Crippen LogP contribution in [0.2, 0.25) is 0 Å². The fourth-order valence-corrected chi connectivity index (χ4v) is 2.53. The number of ether oxygens (including phenoxy) is 1. The number of amides is 1. The molecule has 8 heteroatoms. The first kappa shape index (κ1) is 19.2. The van der Waals surface area contributed by atoms with Gasteiger partial charge in [0.1, 0.15) is 40.9 Å². The third-order valence-corrected chi connectivity index (χ3v) is 3.95. The smallest absolute Gasteiger partial charge is 0.270 e. The van der Waals surface area contributed by atoms with Crippen molar-refractivity contribution in [3.8, 4) is 5.75 Å². The Morgan fingerprint density at radius 2 is 1.82 bits per heavy atom. The van der Waals surface area contributed by atoms with Crippen LogP contribution in [-0.2, 0) is 6.42 Å². The largest absolute Gasteiger partial charge is 0.497 e. The third kappa shape index (κ3) is 4.79. The number of anilines is 2. The number of nitrogens with zero attached hydrogens (tertiary/aromatic N) is 2. The summed E-state index contributed by atoms with van der Waals surface area (Å²) in [5, 5.41) is 5.29. The second-order valence-corrected chi connectivity index (χ2v) is 5.87. The highest BCUT2D eigenvalue weighted by Gasteiger charge is 2.12. The minimum atomic E-state index is -0.761. The number of para-hydroxylation sites is 1. The quantitative estimate of drug-likeness (QED) is 0.652. The molecule has 1 aromatic heterocycles. The van der Waals surface area contributed by atoms with Crippen molar-refractivity contribution in [3.05, 3.63) is 77.8 Å². The van der Waals surface area contributed by atoms with Crippen molar-refractivity contribution in [3.63, 3.8) is 0 Å². The van der Waals surface area contributed by atoms with Crippen LogP contribution in [0, 0.1) is 11.6 Å². The van der Waals surface area contributed by atoms with Gasteiger partial charge in [-0.3, -0.25) is 4.79 Å². The zero-order chi connectivity index (χ0) is 19.9. The van der Waals surface area contributed by atoms with Crippen LogP contribution in [0.5, 0.6) is 5.75 Å². The molecule has 2 N–H and O–H groups in total. The molecule has 144 valence electrons. The Bertz CT molecular complexity index is 962. The van der Waals surface area contributed by atoms with Crippen molar-refractivity contribution in [2.75, 3.05) is 19.0 Å². The average molecular weight is 384 g/mol. The lowest BCUT2D eigenvalue weighted by atomic mass is 10.1. The van der Waals surface area contributed by atoms with Gasteiger partial charge < -0.3 is 15.4 Å². The molecule has 3 aromatic rings. The molecule has 0 fully saturated rings. The summed E-state index contributed by atoms with van der Waals surface area (Å²) in [6, 6.07) is 12.4. The highest BCUT2D eigenvalue weighted by Crippen LogP contribution is 2.22. The van der Waals surface area contributed by atoms with Gasteiger partial charge in [-0.25, -0.2) is 18.7 Å². The van der Waals surface area contributed by atoms with Gasteiger partial charge in [0.05, 0.1) is 7.11 Å². The molecular formula is C20H18F2N4O2. The highest BCUT2D eigenvalue weighted by molar-refractivity contribution is 5.92. The predicted molar refractivity (Wildman–Crippen MR) is 101 cm³/mol. The monoisotopic (exact) mass is 384 g/mol. The number of methoxy groups -OCH3 is 1. The fourth-order valence-electron chi connectivity index (χ4n) is 2.53. The Labute approximate surface area is 160 Å². The second-order valence-electron chi connectivity index (χ2n) is 5.87. The number of carbonyl (C=O) groups excluding carboxylic acids is 1. The third-order valence-electron chi connectivity index (χ3n) is 3.95. The summed E-state index contributed by atoms with van der Waals surface area (Å²) in [6.07, 6.45) is 1.76. The van der Waals surface area contributed by atoms with Crippen molar-refractivity contribution in [1.82, 2.24) is 15.3 Å². The van der Waals surface area contributed by atoms with Gasteiger partial charge >= 0.3 is 0 Å². The first-order valence-corrected chi connectivity index (χ1v) is 8.51. The zero-order valence-corrected chi connectivity index (χ0v) is 15.1. The molecule has 0 aliphatic rings. The molecule has 3 rings (SSSR count). The molecule has 0 bridgehead atoms. The van der Waals surface area contributed by atoms with E-state index in [9.17, 15) is 13.6 Å². The van der Waals surface area contributed by atoms with Crippen molar-refractivity contribution in [2.24, 2.45) is 0 Å². The molecule has 0 saturated heterocycles. The summed E-state index contributed by atoms with van der Waals surface area (Å²) in [5.74, 6) is -1.08. The summed E-state index contributed by atoms with van der Waals surface area (Å²) in [7, 11) is 1.59. The first-order valence-electron chi connectivity index (χ1n) is 8.51. The number of halogens is 2. The van der Waals surface area contributed by atoms with Crippen molar-refractivity contribution in [1.29, 1.82) is 0 Å². The first-order chi connectivity index (χ1) is 13.6. The maximum Gasteiger partial charge on any atom is 0.270 e. The SMILES string of the molecule is COc1cccc(CCNC(=O)c2cc(Nc3c(F)cccc3F)ncn2)c1. The van der Waals surface area contributed by atoms with Gasteiger partial charge in [-0.2, -0.15) is 0 Å². The van der Waals surface area contributed by atoms with Gasteiger partial charge in [0.25, 0.3) is 5.91 Å². The molecule has 28 heavy (non-hydrogen) atoms. The van der Waals surface area contributed by atoms with Crippen molar-refractivity contribution >= 4 is 17.4 Å². The standard InChI is InChI=1S/C20H18F2N4O2/c1-28-14-5-2-4-13(10-14)8-9-23-20(27)17-11-18(25-12-24-17)26-19-15(21)6-3-7-16(19)22/h2-7,10-12H,8-9H2,1H3,(H,23,27)(H,24,25,26). The van der Waals surface area contributed by atoms with Crippen molar-refractivity contribution in [2.45, 2.75) is 6.42 Å². The van der Waals surface area contributed by atoms with E-state index >= 15 is 0 Å². The summed E-state index contributed by atoms with van der Waals surface area (Å²) in [4.78, 5) is 20.1. The van der Waals surface area contributed by atoms with E-state index in [1.54, 1.807) is 7.11 Å². The molecule has 0 atom stereocenters. The Morgan fingerprint density at radius 1 is 1.07 bits per heavy atom. The van der Waals surface area contributed by atoms with E-state index in [0.717, 1.165) is 29.8 Å². The van der Waals surface area contributed by atoms with Crippen LogP contribution >= 0.6 is 0 Å².